The summed E-state index contributed by atoms with van der Waals surface area (Å²) >= 11 is 0. The second-order valence-electron chi connectivity index (χ2n) is 8.24. The molecule has 1 aliphatic rings. The molecule has 0 aliphatic heterocycles. The number of hydrogen-bond donors (Lipinski definition) is 2. The standard InChI is InChI=1S/C23H25F3N6O/c1-32(2)14-7-5-13(6-8-14)30-23-29-11-9-17(31-23)15-4-3-10-28-22(15)33-18-12-16(24)21(27)20(26)19(18)25/h3-4,9-14H,5-8,27H2,1-2H3,(H,29,30,31). The van der Waals surface area contributed by atoms with Gasteiger partial charge in [0.15, 0.2) is 17.4 Å². The molecule has 0 unspecified atom stereocenters. The van der Waals surface area contributed by atoms with E-state index in [-0.39, 0.29) is 11.9 Å². The van der Waals surface area contributed by atoms with Gasteiger partial charge in [0.25, 0.3) is 0 Å². The van der Waals surface area contributed by atoms with Gasteiger partial charge in [0.1, 0.15) is 5.69 Å². The summed E-state index contributed by atoms with van der Waals surface area (Å²) < 4.78 is 47.4. The number of anilines is 2. The zero-order valence-corrected chi connectivity index (χ0v) is 18.4. The van der Waals surface area contributed by atoms with E-state index in [1.165, 1.54) is 6.20 Å². The third kappa shape index (κ3) is 5.00. The van der Waals surface area contributed by atoms with Gasteiger partial charge in [0, 0.05) is 30.5 Å². The molecule has 1 saturated carbocycles. The maximum absolute atomic E-state index is 14.3. The van der Waals surface area contributed by atoms with E-state index in [2.05, 4.69) is 39.3 Å². The van der Waals surface area contributed by atoms with Crippen LogP contribution in [0.3, 0.4) is 0 Å². The van der Waals surface area contributed by atoms with E-state index in [1.54, 1.807) is 24.4 Å². The number of aromatic nitrogens is 3. The molecule has 1 aromatic carbocycles. The molecule has 7 nitrogen and oxygen atoms in total. The van der Waals surface area contributed by atoms with Gasteiger partial charge in [-0.2, -0.15) is 4.39 Å². The molecule has 3 aromatic rings. The van der Waals surface area contributed by atoms with Crippen LogP contribution >= 0.6 is 0 Å². The van der Waals surface area contributed by atoms with Crippen LogP contribution < -0.4 is 15.8 Å². The van der Waals surface area contributed by atoms with E-state index >= 15 is 0 Å². The Labute approximate surface area is 189 Å². The van der Waals surface area contributed by atoms with E-state index in [1.807, 2.05) is 0 Å². The molecule has 0 saturated heterocycles. The Bertz CT molecular complexity index is 1140. The zero-order valence-electron chi connectivity index (χ0n) is 18.4. The summed E-state index contributed by atoms with van der Waals surface area (Å²) in [4.78, 5) is 15.2. The maximum atomic E-state index is 14.3. The second kappa shape index (κ2) is 9.62. The van der Waals surface area contributed by atoms with Crippen molar-refractivity contribution >= 4 is 11.6 Å². The normalized spacial score (nSPS) is 18.4. The Morgan fingerprint density at radius 3 is 2.52 bits per heavy atom. The summed E-state index contributed by atoms with van der Waals surface area (Å²) in [5.74, 6) is -4.31. The topological polar surface area (TPSA) is 89.2 Å². The molecule has 0 amide bonds. The van der Waals surface area contributed by atoms with Gasteiger partial charge in [0.2, 0.25) is 17.6 Å². The van der Waals surface area contributed by atoms with E-state index in [9.17, 15) is 13.2 Å². The highest BCUT2D eigenvalue weighted by molar-refractivity contribution is 5.66. The van der Waals surface area contributed by atoms with Crippen molar-refractivity contribution in [3.63, 3.8) is 0 Å². The van der Waals surface area contributed by atoms with Crippen LogP contribution in [-0.4, -0.2) is 46.0 Å². The number of nitrogens with zero attached hydrogens (tertiary/aromatic N) is 4. The molecule has 174 valence electrons. The minimum atomic E-state index is -1.51. The van der Waals surface area contributed by atoms with Crippen molar-refractivity contribution in [2.45, 2.75) is 37.8 Å². The van der Waals surface area contributed by atoms with Crippen LogP contribution in [-0.2, 0) is 0 Å². The number of benzene rings is 1. The molecule has 10 heteroatoms. The molecule has 3 N–H and O–H groups in total. The average molecular weight is 458 g/mol. The molecule has 2 heterocycles. The Kier molecular flexibility index (Phi) is 6.64. The fraction of sp³-hybridized carbons (Fsp3) is 0.348. The molecule has 0 radical (unpaired) electrons. The number of nitrogen functional groups attached to an aromatic ring is 1. The molecule has 2 aromatic heterocycles. The molecule has 4 rings (SSSR count). The van der Waals surface area contributed by atoms with Crippen molar-refractivity contribution < 1.29 is 17.9 Å². The third-order valence-corrected chi connectivity index (χ3v) is 5.83. The summed E-state index contributed by atoms with van der Waals surface area (Å²) in [5.41, 5.74) is 5.16. The average Bonchev–Trinajstić information content (AvgIpc) is 2.82. The lowest BCUT2D eigenvalue weighted by atomic mass is 9.91. The van der Waals surface area contributed by atoms with Gasteiger partial charge >= 0.3 is 0 Å². The van der Waals surface area contributed by atoms with E-state index in [4.69, 9.17) is 10.5 Å². The third-order valence-electron chi connectivity index (χ3n) is 5.83. The van der Waals surface area contributed by atoms with Crippen molar-refractivity contribution in [3.8, 4) is 22.9 Å². The first-order valence-electron chi connectivity index (χ1n) is 10.7. The lowest BCUT2D eigenvalue weighted by Gasteiger charge is -2.32. The number of halogens is 3. The zero-order chi connectivity index (χ0) is 23.5. The first-order valence-corrected chi connectivity index (χ1v) is 10.7. The van der Waals surface area contributed by atoms with Gasteiger partial charge in [-0.3, -0.25) is 0 Å². The summed E-state index contributed by atoms with van der Waals surface area (Å²) in [6, 6.07) is 6.49. The summed E-state index contributed by atoms with van der Waals surface area (Å²) in [5, 5.41) is 3.37. The van der Waals surface area contributed by atoms with Crippen LogP contribution in [0.5, 0.6) is 11.6 Å². The molecule has 0 spiro atoms. The first kappa shape index (κ1) is 22.8. The minimum Gasteiger partial charge on any atom is -0.435 e. The monoisotopic (exact) mass is 458 g/mol. The lowest BCUT2D eigenvalue weighted by molar-refractivity contribution is 0.221. The van der Waals surface area contributed by atoms with Gasteiger partial charge in [0.05, 0.1) is 11.3 Å². The first-order chi connectivity index (χ1) is 15.8. The minimum absolute atomic E-state index is 0.0592. The van der Waals surface area contributed by atoms with Gasteiger partial charge in [-0.1, -0.05) is 0 Å². The highest BCUT2D eigenvalue weighted by Gasteiger charge is 2.23. The molecule has 33 heavy (non-hydrogen) atoms. The fourth-order valence-electron chi connectivity index (χ4n) is 3.93. The van der Waals surface area contributed by atoms with Crippen molar-refractivity contribution in [1.29, 1.82) is 0 Å². The summed E-state index contributed by atoms with van der Waals surface area (Å²) in [7, 11) is 4.19. The number of ether oxygens (including phenoxy) is 1. The van der Waals surface area contributed by atoms with Gasteiger partial charge in [-0.15, -0.1) is 0 Å². The highest BCUT2D eigenvalue weighted by Crippen LogP contribution is 2.34. The Balaban J connectivity index is 1.55. The van der Waals surface area contributed by atoms with Crippen molar-refractivity contribution in [2.24, 2.45) is 0 Å². The predicted octanol–water partition coefficient (Wildman–Crippen LogP) is 4.62. The Morgan fingerprint density at radius 1 is 1.03 bits per heavy atom. The molecule has 1 fully saturated rings. The van der Waals surface area contributed by atoms with Crippen LogP contribution in [0, 0.1) is 17.5 Å². The van der Waals surface area contributed by atoms with Crippen molar-refractivity contribution in [3.05, 3.63) is 54.1 Å². The lowest BCUT2D eigenvalue weighted by Crippen LogP contribution is -2.36. The van der Waals surface area contributed by atoms with Crippen molar-refractivity contribution in [2.75, 3.05) is 25.1 Å². The van der Waals surface area contributed by atoms with Gasteiger partial charge in [-0.05, 0) is 58.0 Å². The molecule has 0 atom stereocenters. The maximum Gasteiger partial charge on any atom is 0.228 e. The largest absolute Gasteiger partial charge is 0.435 e. The number of nitrogens with one attached hydrogen (secondary N) is 1. The Morgan fingerprint density at radius 2 is 1.79 bits per heavy atom. The second-order valence-corrected chi connectivity index (χ2v) is 8.24. The molecular formula is C23H25F3N6O. The van der Waals surface area contributed by atoms with E-state index in [0.717, 1.165) is 25.7 Å². The van der Waals surface area contributed by atoms with Gasteiger partial charge < -0.3 is 20.7 Å². The molecule has 1 aliphatic carbocycles. The van der Waals surface area contributed by atoms with Crippen LogP contribution in [0.4, 0.5) is 24.8 Å². The SMILES string of the molecule is CN(C)C1CCC(Nc2nccc(-c3cccnc3Oc3cc(F)c(N)c(F)c3F)n2)CC1. The quantitative estimate of drug-likeness (QED) is 0.412. The Hall–Kier alpha value is -3.40. The summed E-state index contributed by atoms with van der Waals surface area (Å²) in [6.07, 6.45) is 7.20. The van der Waals surface area contributed by atoms with Gasteiger partial charge in [-0.25, -0.2) is 23.7 Å². The predicted molar refractivity (Wildman–Crippen MR) is 119 cm³/mol. The number of nitrogens with two attached hydrogens (primary N) is 1. The highest BCUT2D eigenvalue weighted by atomic mass is 19.2. The van der Waals surface area contributed by atoms with Crippen LogP contribution in [0.25, 0.3) is 11.3 Å². The van der Waals surface area contributed by atoms with Crippen LogP contribution in [0.2, 0.25) is 0 Å². The molecular weight excluding hydrogens is 433 g/mol. The summed E-state index contributed by atoms with van der Waals surface area (Å²) in [6.45, 7) is 0. The van der Waals surface area contributed by atoms with E-state index < -0.39 is 28.9 Å². The van der Waals surface area contributed by atoms with Crippen molar-refractivity contribution in [1.82, 2.24) is 19.9 Å². The number of pyridine rings is 1. The smallest absolute Gasteiger partial charge is 0.228 e. The number of hydrogen-bond acceptors (Lipinski definition) is 7. The van der Waals surface area contributed by atoms with E-state index in [0.29, 0.717) is 29.3 Å². The molecule has 0 bridgehead atoms. The fourth-order valence-corrected chi connectivity index (χ4v) is 3.93. The number of rotatable bonds is 6. The van der Waals surface area contributed by atoms with Crippen LogP contribution in [0.15, 0.2) is 36.7 Å². The van der Waals surface area contributed by atoms with Crippen LogP contribution in [0.1, 0.15) is 25.7 Å².